The number of ether oxygens (including phenoxy) is 1. The SMILES string of the molecule is COc1cc2c(c(C)c1-c1ccoc1)C[C@@H]1[C@@]3(C)CC[C@H](O)C(C)(C)[C@@H]3CC(=O)[C@@]21C. The van der Waals surface area contributed by atoms with Gasteiger partial charge in [0.1, 0.15) is 11.5 Å². The molecule has 3 aliphatic rings. The molecule has 2 fully saturated rings. The highest BCUT2D eigenvalue weighted by atomic mass is 16.5. The van der Waals surface area contributed by atoms with E-state index in [0.29, 0.717) is 12.2 Å². The molecule has 1 heterocycles. The van der Waals surface area contributed by atoms with E-state index in [1.807, 2.05) is 6.07 Å². The molecule has 4 nitrogen and oxygen atoms in total. The lowest BCUT2D eigenvalue weighted by molar-refractivity contribution is -0.167. The van der Waals surface area contributed by atoms with Crippen molar-refractivity contribution in [1.82, 2.24) is 0 Å². The minimum Gasteiger partial charge on any atom is -0.496 e. The number of methoxy groups -OCH3 is 1. The highest BCUT2D eigenvalue weighted by Gasteiger charge is 2.66. The van der Waals surface area contributed by atoms with Gasteiger partial charge in [-0.3, -0.25) is 4.79 Å². The fourth-order valence-corrected chi connectivity index (χ4v) is 7.70. The first kappa shape index (κ1) is 20.8. The number of rotatable bonds is 2. The van der Waals surface area contributed by atoms with Crippen LogP contribution in [0.5, 0.6) is 5.75 Å². The van der Waals surface area contributed by atoms with Gasteiger partial charge in [0, 0.05) is 17.5 Å². The lowest BCUT2D eigenvalue weighted by atomic mass is 9.43. The molecule has 5 rings (SSSR count). The van der Waals surface area contributed by atoms with Gasteiger partial charge in [-0.2, -0.15) is 0 Å². The second kappa shape index (κ2) is 6.48. The summed E-state index contributed by atoms with van der Waals surface area (Å²) in [6.07, 6.45) is 6.31. The molecule has 0 unspecified atom stereocenters. The van der Waals surface area contributed by atoms with E-state index in [-0.39, 0.29) is 28.8 Å². The minimum atomic E-state index is -0.508. The summed E-state index contributed by atoms with van der Waals surface area (Å²) in [6.45, 7) is 11.0. The zero-order chi connectivity index (χ0) is 22.3. The molecule has 0 bridgehead atoms. The molecule has 5 atom stereocenters. The zero-order valence-corrected chi connectivity index (χ0v) is 19.5. The Balaban J connectivity index is 1.70. The Morgan fingerprint density at radius 2 is 1.90 bits per heavy atom. The van der Waals surface area contributed by atoms with Gasteiger partial charge >= 0.3 is 0 Å². The zero-order valence-electron chi connectivity index (χ0n) is 19.5. The topological polar surface area (TPSA) is 59.7 Å². The first-order chi connectivity index (χ1) is 14.6. The predicted molar refractivity (Wildman–Crippen MR) is 120 cm³/mol. The molecule has 0 amide bonds. The number of hydrogen-bond acceptors (Lipinski definition) is 4. The van der Waals surface area contributed by atoms with Crippen LogP contribution in [-0.2, 0) is 16.6 Å². The van der Waals surface area contributed by atoms with Crippen LogP contribution in [0.25, 0.3) is 11.1 Å². The normalized spacial score (nSPS) is 36.0. The Bertz CT molecular complexity index is 1050. The van der Waals surface area contributed by atoms with E-state index in [9.17, 15) is 9.90 Å². The summed E-state index contributed by atoms with van der Waals surface area (Å²) in [5.41, 5.74) is 4.95. The molecule has 2 aromatic rings. The second-order valence-electron chi connectivity index (χ2n) is 11.1. The Kier molecular flexibility index (Phi) is 4.35. The first-order valence-corrected chi connectivity index (χ1v) is 11.5. The number of carbonyl (C=O) groups is 1. The fourth-order valence-electron chi connectivity index (χ4n) is 7.70. The van der Waals surface area contributed by atoms with E-state index in [4.69, 9.17) is 9.15 Å². The van der Waals surface area contributed by atoms with Crippen LogP contribution in [0.4, 0.5) is 0 Å². The van der Waals surface area contributed by atoms with Crippen LogP contribution in [0.15, 0.2) is 29.1 Å². The highest BCUT2D eigenvalue weighted by Crippen LogP contribution is 2.67. The maximum Gasteiger partial charge on any atom is 0.143 e. The number of Topliss-reactive ketones (excluding diaryl/α,β-unsaturated/α-hetero) is 1. The smallest absolute Gasteiger partial charge is 0.143 e. The van der Waals surface area contributed by atoms with Gasteiger partial charge in [0.25, 0.3) is 0 Å². The Labute approximate surface area is 185 Å². The average Bonchev–Trinajstić information content (AvgIpc) is 3.35. The van der Waals surface area contributed by atoms with E-state index in [1.54, 1.807) is 19.6 Å². The second-order valence-corrected chi connectivity index (χ2v) is 11.1. The van der Waals surface area contributed by atoms with Gasteiger partial charge < -0.3 is 14.3 Å². The van der Waals surface area contributed by atoms with E-state index in [2.05, 4.69) is 40.7 Å². The van der Waals surface area contributed by atoms with Crippen molar-refractivity contribution >= 4 is 5.78 Å². The summed E-state index contributed by atoms with van der Waals surface area (Å²) < 4.78 is 11.2. The first-order valence-electron chi connectivity index (χ1n) is 11.5. The maximum atomic E-state index is 13.8. The Morgan fingerprint density at radius 1 is 1.16 bits per heavy atom. The third-order valence-corrected chi connectivity index (χ3v) is 9.64. The van der Waals surface area contributed by atoms with Crippen LogP contribution in [0.1, 0.15) is 63.6 Å². The number of furan rings is 1. The molecule has 4 heteroatoms. The van der Waals surface area contributed by atoms with E-state index in [0.717, 1.165) is 41.7 Å². The number of benzene rings is 1. The van der Waals surface area contributed by atoms with E-state index in [1.165, 1.54) is 11.1 Å². The van der Waals surface area contributed by atoms with Gasteiger partial charge in [0.2, 0.25) is 0 Å². The molecule has 1 aromatic carbocycles. The van der Waals surface area contributed by atoms with Gasteiger partial charge in [-0.1, -0.05) is 20.8 Å². The molecule has 166 valence electrons. The lowest BCUT2D eigenvalue weighted by Gasteiger charge is -2.61. The van der Waals surface area contributed by atoms with Crippen LogP contribution in [0.2, 0.25) is 0 Å². The van der Waals surface area contributed by atoms with Crippen LogP contribution in [0.3, 0.4) is 0 Å². The van der Waals surface area contributed by atoms with Crippen molar-refractivity contribution in [3.8, 4) is 16.9 Å². The van der Waals surface area contributed by atoms with Gasteiger partial charge in [-0.25, -0.2) is 0 Å². The lowest BCUT2D eigenvalue weighted by Crippen LogP contribution is -2.61. The van der Waals surface area contributed by atoms with Crippen LogP contribution in [0, 0.1) is 29.6 Å². The third-order valence-electron chi connectivity index (χ3n) is 9.64. The van der Waals surface area contributed by atoms with Crippen LogP contribution < -0.4 is 4.74 Å². The summed E-state index contributed by atoms with van der Waals surface area (Å²) in [5, 5.41) is 10.8. The van der Waals surface area contributed by atoms with Gasteiger partial charge in [-0.05, 0) is 84.6 Å². The molecule has 0 saturated heterocycles. The fraction of sp³-hybridized carbons (Fsp3) is 0.593. The van der Waals surface area contributed by atoms with Crippen molar-refractivity contribution in [3.63, 3.8) is 0 Å². The maximum absolute atomic E-state index is 13.8. The standard InChI is InChI=1S/C27H34O4/c1-15-17-11-21-26(4)9-7-22(28)25(2,3)20(26)13-23(29)27(21,5)18(17)12-19(30-6)24(15)16-8-10-31-14-16/h8,10,12,14,20-22,28H,7,9,11,13H2,1-6H3/t20-,21+,22-,26-,27-/m0/s1. The summed E-state index contributed by atoms with van der Waals surface area (Å²) in [6, 6.07) is 4.09. The summed E-state index contributed by atoms with van der Waals surface area (Å²) in [7, 11) is 1.70. The molecule has 0 radical (unpaired) electrons. The van der Waals surface area contributed by atoms with Gasteiger partial charge in [0.05, 0.1) is 31.2 Å². The predicted octanol–water partition coefficient (Wildman–Crippen LogP) is 5.47. The van der Waals surface area contributed by atoms with Crippen molar-refractivity contribution in [2.24, 2.45) is 22.7 Å². The van der Waals surface area contributed by atoms with Crippen molar-refractivity contribution in [1.29, 1.82) is 0 Å². The number of ketones is 1. The Morgan fingerprint density at radius 3 is 2.55 bits per heavy atom. The number of hydrogen-bond donors (Lipinski definition) is 1. The molecule has 31 heavy (non-hydrogen) atoms. The molecule has 2 saturated carbocycles. The van der Waals surface area contributed by atoms with Crippen molar-refractivity contribution < 1.29 is 19.1 Å². The minimum absolute atomic E-state index is 0.0138. The van der Waals surface area contributed by atoms with E-state index < -0.39 is 5.41 Å². The van der Waals surface area contributed by atoms with Crippen LogP contribution in [-0.4, -0.2) is 24.1 Å². The summed E-state index contributed by atoms with van der Waals surface area (Å²) >= 11 is 0. The largest absolute Gasteiger partial charge is 0.496 e. The van der Waals surface area contributed by atoms with Crippen molar-refractivity contribution in [2.75, 3.05) is 7.11 Å². The highest BCUT2D eigenvalue weighted by molar-refractivity contribution is 5.94. The van der Waals surface area contributed by atoms with Crippen LogP contribution >= 0.6 is 0 Å². The molecule has 0 aliphatic heterocycles. The molecular weight excluding hydrogens is 388 g/mol. The monoisotopic (exact) mass is 422 g/mol. The molecule has 3 aliphatic carbocycles. The number of fused-ring (bicyclic) bond motifs is 5. The third kappa shape index (κ3) is 2.49. The number of aliphatic hydroxyl groups excluding tert-OH is 1. The quantitative estimate of drug-likeness (QED) is 0.697. The van der Waals surface area contributed by atoms with E-state index >= 15 is 0 Å². The molecular formula is C27H34O4. The average molecular weight is 423 g/mol. The molecule has 1 aromatic heterocycles. The number of carbonyl (C=O) groups excluding carboxylic acids is 1. The molecule has 0 spiro atoms. The van der Waals surface area contributed by atoms with Gasteiger partial charge in [-0.15, -0.1) is 0 Å². The summed E-state index contributed by atoms with van der Waals surface area (Å²) in [5.74, 6) is 1.55. The summed E-state index contributed by atoms with van der Waals surface area (Å²) in [4.78, 5) is 13.8. The van der Waals surface area contributed by atoms with Crippen molar-refractivity contribution in [2.45, 2.75) is 71.8 Å². The van der Waals surface area contributed by atoms with Crippen molar-refractivity contribution in [3.05, 3.63) is 41.3 Å². The molecule has 1 N–H and O–H groups in total. The Hall–Kier alpha value is -2.07. The van der Waals surface area contributed by atoms with Gasteiger partial charge in [0.15, 0.2) is 0 Å². The number of aliphatic hydroxyl groups is 1.